The number of piperidine rings is 8. The number of hydrogen-bond donors (Lipinski definition) is 7. The summed E-state index contributed by atoms with van der Waals surface area (Å²) in [5.41, 5.74) is -8.56. The second-order valence-corrected chi connectivity index (χ2v) is 46.8. The number of ether oxygens (including phenoxy) is 8. The highest BCUT2D eigenvalue weighted by Crippen LogP contribution is 2.47. The van der Waals surface area contributed by atoms with Gasteiger partial charge < -0.3 is 74.7 Å². The first-order valence-electron chi connectivity index (χ1n) is 43.2. The largest absolute Gasteiger partial charge is 0.462 e. The second kappa shape index (κ2) is 34.8. The van der Waals surface area contributed by atoms with E-state index in [9.17, 15) is 59.2 Å². The summed E-state index contributed by atoms with van der Waals surface area (Å²) in [6.45, 7) is 62.6. The molecule has 0 amide bonds. The third-order valence-corrected chi connectivity index (χ3v) is 26.2. The van der Waals surface area contributed by atoms with Gasteiger partial charge in [-0.1, -0.05) is 0 Å². The van der Waals surface area contributed by atoms with Crippen molar-refractivity contribution in [2.75, 3.05) is 7.05 Å². The number of likely N-dealkylation sites (tertiary alicyclic amines) is 1. The molecule has 0 aliphatic carbocycles. The highest BCUT2D eigenvalue weighted by atomic mass is 16.6. The van der Waals surface area contributed by atoms with Crippen molar-refractivity contribution < 1.29 is 97.1 Å². The lowest BCUT2D eigenvalue weighted by atomic mass is 9.78. The monoisotopic (exact) mass is 1660 g/mol. The summed E-state index contributed by atoms with van der Waals surface area (Å²) in [4.78, 5) is 117. The molecule has 4 unspecified atom stereocenters. The van der Waals surface area contributed by atoms with E-state index in [2.05, 4.69) is 139 Å². The van der Waals surface area contributed by atoms with E-state index in [1.807, 2.05) is 111 Å². The van der Waals surface area contributed by atoms with E-state index in [0.717, 1.165) is 0 Å². The normalized spacial score (nSPS) is 28.1. The van der Waals surface area contributed by atoms with Gasteiger partial charge in [0, 0.05) is 191 Å². The van der Waals surface area contributed by atoms with Gasteiger partial charge in [0.05, 0.1) is 49.4 Å². The highest BCUT2D eigenvalue weighted by molar-refractivity contribution is 5.90. The Kier molecular flexibility index (Phi) is 29.5. The zero-order valence-corrected chi connectivity index (χ0v) is 78.1. The van der Waals surface area contributed by atoms with Gasteiger partial charge in [0.1, 0.15) is 48.8 Å². The molecule has 8 aliphatic rings. The number of nitrogens with one attached hydrogen (secondary N) is 3. The van der Waals surface area contributed by atoms with Gasteiger partial charge in [-0.15, -0.1) is 0 Å². The molecule has 8 aliphatic heterocycles. The molecule has 0 aromatic carbocycles. The Bertz CT molecular complexity index is 3300. The predicted molar refractivity (Wildman–Crippen MR) is 442 cm³/mol. The quantitative estimate of drug-likeness (QED) is 0.0391. The second-order valence-electron chi connectivity index (χ2n) is 46.8. The Morgan fingerprint density at radius 3 is 0.530 bits per heavy atom. The van der Waals surface area contributed by atoms with Gasteiger partial charge in [-0.05, 0) is 229 Å². The van der Waals surface area contributed by atoms with Crippen molar-refractivity contribution in [3.05, 3.63) is 0 Å². The molecule has 0 saturated carbocycles. The van der Waals surface area contributed by atoms with E-state index < -0.39 is 190 Å². The van der Waals surface area contributed by atoms with Gasteiger partial charge in [-0.3, -0.25) is 43.3 Å². The van der Waals surface area contributed by atoms with Crippen LogP contribution in [-0.2, 0) is 76.3 Å². The maximum Gasteiger partial charge on any atom is 0.310 e. The van der Waals surface area contributed by atoms with Crippen molar-refractivity contribution in [3.63, 3.8) is 0 Å². The summed E-state index contributed by atoms with van der Waals surface area (Å²) in [5.74, 6) is -11.8. The van der Waals surface area contributed by atoms with E-state index in [1.165, 1.54) is 20.3 Å². The fourth-order valence-electron chi connectivity index (χ4n) is 22.6. The predicted octanol–water partition coefficient (Wildman–Crippen LogP) is 13.6. The fourth-order valence-corrected chi connectivity index (χ4v) is 22.6. The lowest BCUT2D eigenvalue weighted by molar-refractivity contribution is -0.262. The topological polar surface area (TPSA) is 344 Å². The van der Waals surface area contributed by atoms with Crippen molar-refractivity contribution in [2.24, 2.45) is 23.7 Å². The first-order chi connectivity index (χ1) is 52.5. The number of nitrogens with zero attached hydrogens (tertiary/aromatic N) is 5. The Balaban J connectivity index is 0.000000324. The van der Waals surface area contributed by atoms with Crippen LogP contribution in [0.5, 0.6) is 0 Å². The molecule has 8 heterocycles. The number of hydroxylamine groups is 8. The van der Waals surface area contributed by atoms with Crippen LogP contribution in [0.3, 0.4) is 0 Å². The number of carbonyl (C=O) groups is 8. The average Bonchev–Trinajstić information content (AvgIpc) is 0.782. The maximum absolute atomic E-state index is 14.7. The molecule has 4 atom stereocenters. The summed E-state index contributed by atoms with van der Waals surface area (Å²) in [6, 6.07) is 0. The number of esters is 8. The SMILES string of the molecule is CC1(C)CC(OC(=O)CC(C(=O)OC2CC(C)(C)N(O)C(C)(C)C2)C(CC(=O)OC2CC(C)(C)N(O)C(C)(C)C2)C(=O)OC2CC(C)(C)N(O)C(C)(C)C2)CC(C)(C)N1O.CN1C(C)(C)CC(OC(=O)C(CC(=O)OC2CC(C)(C)NC(C)(C)C2)C(CC(=O)OC2CC(C)(C)NC(C)(C)C2)C(=O)OC2CC(C)(C)NC(C)(C)C2)CC1(C)C. The van der Waals surface area contributed by atoms with E-state index in [1.54, 1.807) is 0 Å². The summed E-state index contributed by atoms with van der Waals surface area (Å²) in [5, 5.41) is 59.6. The van der Waals surface area contributed by atoms with Crippen LogP contribution in [0, 0.1) is 23.7 Å². The van der Waals surface area contributed by atoms with Gasteiger partial charge in [-0.2, -0.15) is 20.3 Å². The minimum absolute atomic E-state index is 0.246. The van der Waals surface area contributed by atoms with Crippen LogP contribution >= 0.6 is 0 Å². The van der Waals surface area contributed by atoms with Crippen molar-refractivity contribution in [1.29, 1.82) is 0 Å². The smallest absolute Gasteiger partial charge is 0.310 e. The lowest BCUT2D eigenvalue weighted by Crippen LogP contribution is -2.61. The van der Waals surface area contributed by atoms with Crippen molar-refractivity contribution >= 4 is 47.8 Å². The first-order valence-corrected chi connectivity index (χ1v) is 43.2. The third kappa shape index (κ3) is 26.2. The van der Waals surface area contributed by atoms with Crippen LogP contribution in [0.2, 0.25) is 0 Å². The zero-order chi connectivity index (χ0) is 89.4. The molecule has 0 radical (unpaired) electrons. The molecule has 28 nitrogen and oxygen atoms in total. The molecule has 8 saturated heterocycles. The number of carbonyl (C=O) groups excluding carboxylic acids is 8. The molecular weight excluding hydrogens is 1500 g/mol. The Labute approximate surface area is 700 Å². The summed E-state index contributed by atoms with van der Waals surface area (Å²) < 4.78 is 49.4. The molecule has 28 heteroatoms. The molecule has 8 fully saturated rings. The van der Waals surface area contributed by atoms with Crippen LogP contribution < -0.4 is 16.0 Å². The van der Waals surface area contributed by atoms with Crippen molar-refractivity contribution in [1.82, 2.24) is 41.1 Å². The van der Waals surface area contributed by atoms with Crippen LogP contribution in [0.1, 0.15) is 350 Å². The van der Waals surface area contributed by atoms with Gasteiger partial charge in [0.25, 0.3) is 0 Å². The van der Waals surface area contributed by atoms with Gasteiger partial charge in [0.15, 0.2) is 0 Å². The molecule has 117 heavy (non-hydrogen) atoms. The van der Waals surface area contributed by atoms with E-state index >= 15 is 0 Å². The van der Waals surface area contributed by atoms with Crippen LogP contribution in [0.15, 0.2) is 0 Å². The third-order valence-electron chi connectivity index (χ3n) is 26.2. The van der Waals surface area contributed by atoms with Gasteiger partial charge in [-0.25, -0.2) is 0 Å². The zero-order valence-electron chi connectivity index (χ0n) is 78.1. The van der Waals surface area contributed by atoms with Crippen LogP contribution in [0.4, 0.5) is 0 Å². The molecule has 7 N–H and O–H groups in total. The number of rotatable bonds is 22. The van der Waals surface area contributed by atoms with E-state index in [-0.39, 0.29) is 70.0 Å². The minimum atomic E-state index is -1.54. The molecule has 0 bridgehead atoms. The first kappa shape index (κ1) is 99.4. The molecule has 0 aromatic heterocycles. The van der Waals surface area contributed by atoms with E-state index in [4.69, 9.17) is 37.9 Å². The van der Waals surface area contributed by atoms with E-state index in [0.29, 0.717) is 77.0 Å². The Morgan fingerprint density at radius 1 is 0.239 bits per heavy atom. The molecule has 8 rings (SSSR count). The van der Waals surface area contributed by atoms with Crippen LogP contribution in [0.25, 0.3) is 0 Å². The lowest BCUT2D eigenvalue weighted by Gasteiger charge is -2.53. The Hall–Kier alpha value is -4.72. The van der Waals surface area contributed by atoms with Crippen molar-refractivity contribution in [2.45, 2.75) is 487 Å². The van der Waals surface area contributed by atoms with Crippen molar-refractivity contribution in [3.8, 4) is 0 Å². The molecule has 0 aromatic rings. The minimum Gasteiger partial charge on any atom is -0.462 e. The highest BCUT2D eigenvalue weighted by Gasteiger charge is 2.56. The van der Waals surface area contributed by atoms with Gasteiger partial charge >= 0.3 is 47.8 Å². The Morgan fingerprint density at radius 2 is 0.368 bits per heavy atom. The van der Waals surface area contributed by atoms with Crippen LogP contribution in [-0.4, -0.2) is 238 Å². The average molecular weight is 1660 g/mol. The number of hydrogen-bond acceptors (Lipinski definition) is 28. The molecular formula is C89H158N8O20. The maximum atomic E-state index is 14.7. The fraction of sp³-hybridized carbons (Fsp3) is 0.910. The molecule has 674 valence electrons. The van der Waals surface area contributed by atoms with Gasteiger partial charge in [0.2, 0.25) is 0 Å². The summed E-state index contributed by atoms with van der Waals surface area (Å²) in [6.07, 6.45) is 0.120. The standard InChI is InChI=1S/C45H80N4O8.C44H78N4O12/c1-38(2)20-28(21-39(3,4)46-38)54-34(50)18-32(36(52)56-30-24-42(9,10)48-43(11,12)25-30)33(19-35(51)55-29-22-40(5,6)47-41(7,8)23-29)37(53)57-31-26-44(13,14)49(17)45(15,16)27-31;1-37(2)19-27(20-38(3,4)45(37)53)57-33(49)17-31(35(51)59-29-23-41(9,10)47(55)42(11,12)24-29)32(36(52)60-30-25-43(13,14)48(56)44(15,16)26-30)18-34(50)58-28-21-39(5,6)46(54)40(7,8)22-28/h28-33,46-48H,18-27H2,1-17H3;27-32,53-56H,17-26H2,1-16H3. The summed E-state index contributed by atoms with van der Waals surface area (Å²) in [7, 11) is 2.08. The molecule has 0 spiro atoms. The summed E-state index contributed by atoms with van der Waals surface area (Å²) >= 11 is 0.